The molecule has 4 nitrogen and oxygen atoms in total. The molecule has 0 saturated heterocycles. The van der Waals surface area contributed by atoms with Gasteiger partial charge in [0.1, 0.15) is 18.8 Å². The van der Waals surface area contributed by atoms with E-state index in [1.807, 2.05) is 0 Å². The van der Waals surface area contributed by atoms with Crippen molar-refractivity contribution in [3.8, 4) is 11.5 Å². The Balaban J connectivity index is 2.54. The summed E-state index contributed by atoms with van der Waals surface area (Å²) in [5.74, 6) is -2.92. The number of Topliss-reactive ketones (excluding diaryl/α,β-unsaturated/α-hetero) is 1. The van der Waals surface area contributed by atoms with Crippen molar-refractivity contribution < 1.29 is 23.0 Å². The predicted molar refractivity (Wildman–Crippen MR) is 55.3 cm³/mol. The largest absolute Gasteiger partial charge is 0.486 e. The minimum atomic E-state index is -1.22. The fourth-order valence-corrected chi connectivity index (χ4v) is 1.64. The molecule has 17 heavy (non-hydrogen) atoms. The Bertz CT molecular complexity index is 463. The SMILES string of the molecule is NCCC(=O)c1c(F)c(F)cc2c1OCCO2. The molecule has 92 valence electrons. The van der Waals surface area contributed by atoms with Gasteiger partial charge in [-0.05, 0) is 6.54 Å². The number of rotatable bonds is 3. The van der Waals surface area contributed by atoms with Gasteiger partial charge >= 0.3 is 0 Å². The first kappa shape index (κ1) is 11.8. The number of halogens is 2. The number of nitrogens with two attached hydrogens (primary N) is 1. The van der Waals surface area contributed by atoms with Crippen LogP contribution in [0.2, 0.25) is 0 Å². The van der Waals surface area contributed by atoms with Gasteiger partial charge in [-0.2, -0.15) is 0 Å². The van der Waals surface area contributed by atoms with Gasteiger partial charge in [0.05, 0.1) is 0 Å². The standard InChI is InChI=1S/C11H11F2NO3/c12-6-5-8-11(17-4-3-16-8)9(10(6)13)7(15)1-2-14/h5H,1-4,14H2. The van der Waals surface area contributed by atoms with Crippen LogP contribution in [0.1, 0.15) is 16.8 Å². The second-order valence-electron chi connectivity index (χ2n) is 3.53. The smallest absolute Gasteiger partial charge is 0.175 e. The lowest BCUT2D eigenvalue weighted by Gasteiger charge is -2.21. The maximum Gasteiger partial charge on any atom is 0.175 e. The molecule has 0 unspecified atom stereocenters. The minimum Gasteiger partial charge on any atom is -0.486 e. The van der Waals surface area contributed by atoms with Crippen molar-refractivity contribution in [1.29, 1.82) is 0 Å². The topological polar surface area (TPSA) is 61.6 Å². The maximum atomic E-state index is 13.6. The Hall–Kier alpha value is -1.69. The number of carbonyl (C=O) groups excluding carboxylic acids is 1. The predicted octanol–water partition coefficient (Wildman–Crippen LogP) is 1.27. The molecule has 1 aliphatic rings. The number of benzene rings is 1. The highest BCUT2D eigenvalue weighted by Gasteiger charge is 2.27. The second-order valence-corrected chi connectivity index (χ2v) is 3.53. The van der Waals surface area contributed by atoms with Crippen molar-refractivity contribution in [2.45, 2.75) is 6.42 Å². The fraction of sp³-hybridized carbons (Fsp3) is 0.364. The van der Waals surface area contributed by atoms with Gasteiger partial charge in [0.2, 0.25) is 0 Å². The summed E-state index contributed by atoms with van der Waals surface area (Å²) in [6.07, 6.45) is -0.0732. The van der Waals surface area contributed by atoms with Crippen molar-refractivity contribution in [2.75, 3.05) is 19.8 Å². The van der Waals surface area contributed by atoms with Gasteiger partial charge in [-0.3, -0.25) is 4.79 Å². The van der Waals surface area contributed by atoms with E-state index < -0.39 is 23.0 Å². The molecular weight excluding hydrogens is 232 g/mol. The average molecular weight is 243 g/mol. The highest BCUT2D eigenvalue weighted by atomic mass is 19.2. The van der Waals surface area contributed by atoms with Crippen molar-refractivity contribution in [3.05, 3.63) is 23.3 Å². The average Bonchev–Trinajstić information content (AvgIpc) is 2.31. The van der Waals surface area contributed by atoms with Gasteiger partial charge < -0.3 is 15.2 Å². The molecule has 0 radical (unpaired) electrons. The first-order valence-corrected chi connectivity index (χ1v) is 5.16. The molecule has 1 aromatic carbocycles. The summed E-state index contributed by atoms with van der Waals surface area (Å²) >= 11 is 0. The van der Waals surface area contributed by atoms with Gasteiger partial charge in [-0.15, -0.1) is 0 Å². The van der Waals surface area contributed by atoms with Crippen LogP contribution in [0.25, 0.3) is 0 Å². The molecule has 2 N–H and O–H groups in total. The van der Waals surface area contributed by atoms with E-state index in [9.17, 15) is 13.6 Å². The first-order chi connectivity index (χ1) is 8.15. The van der Waals surface area contributed by atoms with E-state index in [2.05, 4.69) is 0 Å². The summed E-state index contributed by atoms with van der Waals surface area (Å²) in [6, 6.07) is 0.878. The number of ketones is 1. The summed E-state index contributed by atoms with van der Waals surface area (Å²) in [7, 11) is 0. The molecule has 0 aliphatic carbocycles. The van der Waals surface area contributed by atoms with Gasteiger partial charge in [-0.25, -0.2) is 8.78 Å². The molecule has 0 fully saturated rings. The summed E-state index contributed by atoms with van der Waals surface area (Å²) in [5, 5.41) is 0. The number of hydrogen-bond acceptors (Lipinski definition) is 4. The lowest BCUT2D eigenvalue weighted by Crippen LogP contribution is -2.20. The van der Waals surface area contributed by atoms with E-state index in [1.54, 1.807) is 0 Å². The monoisotopic (exact) mass is 243 g/mol. The van der Waals surface area contributed by atoms with E-state index in [0.717, 1.165) is 6.07 Å². The Morgan fingerprint density at radius 2 is 2.06 bits per heavy atom. The summed E-state index contributed by atoms with van der Waals surface area (Å²) < 4.78 is 37.1. The van der Waals surface area contributed by atoms with Gasteiger partial charge in [-0.1, -0.05) is 0 Å². The molecule has 1 aliphatic heterocycles. The van der Waals surface area contributed by atoms with E-state index in [-0.39, 0.29) is 37.7 Å². The lowest BCUT2D eigenvalue weighted by molar-refractivity contribution is 0.0967. The maximum absolute atomic E-state index is 13.6. The molecule has 0 amide bonds. The summed E-state index contributed by atoms with van der Waals surface area (Å²) in [5.41, 5.74) is 4.81. The lowest BCUT2D eigenvalue weighted by atomic mass is 10.0. The Labute approximate surface area is 96.3 Å². The quantitative estimate of drug-likeness (QED) is 0.812. The van der Waals surface area contributed by atoms with Crippen LogP contribution >= 0.6 is 0 Å². The van der Waals surface area contributed by atoms with E-state index in [4.69, 9.17) is 15.2 Å². The fourth-order valence-electron chi connectivity index (χ4n) is 1.64. The molecule has 0 atom stereocenters. The van der Waals surface area contributed by atoms with E-state index >= 15 is 0 Å². The Morgan fingerprint density at radius 1 is 1.35 bits per heavy atom. The van der Waals surface area contributed by atoms with Crippen LogP contribution in [0.5, 0.6) is 11.5 Å². The van der Waals surface area contributed by atoms with Gasteiger partial charge in [0.25, 0.3) is 0 Å². The van der Waals surface area contributed by atoms with Crippen molar-refractivity contribution >= 4 is 5.78 Å². The van der Waals surface area contributed by atoms with E-state index in [1.165, 1.54) is 0 Å². The van der Waals surface area contributed by atoms with Crippen molar-refractivity contribution in [3.63, 3.8) is 0 Å². The van der Waals surface area contributed by atoms with E-state index in [0.29, 0.717) is 0 Å². The molecule has 1 aromatic rings. The minimum absolute atomic E-state index is 0.0337. The van der Waals surface area contributed by atoms with Crippen LogP contribution in [0.15, 0.2) is 6.07 Å². The van der Waals surface area contributed by atoms with Crippen molar-refractivity contribution in [1.82, 2.24) is 0 Å². The van der Waals surface area contributed by atoms with Gasteiger partial charge in [0, 0.05) is 12.5 Å². The summed E-state index contributed by atoms with van der Waals surface area (Å²) in [4.78, 5) is 11.7. The van der Waals surface area contributed by atoms with Crippen LogP contribution in [-0.4, -0.2) is 25.5 Å². The third-order valence-corrected chi connectivity index (χ3v) is 2.38. The molecule has 6 heteroatoms. The zero-order valence-corrected chi connectivity index (χ0v) is 8.96. The zero-order valence-electron chi connectivity index (χ0n) is 8.96. The first-order valence-electron chi connectivity index (χ1n) is 5.16. The number of ether oxygens (including phenoxy) is 2. The normalized spacial score (nSPS) is 13.6. The van der Waals surface area contributed by atoms with Crippen LogP contribution in [0.4, 0.5) is 8.78 Å². The number of fused-ring (bicyclic) bond motifs is 1. The molecular formula is C11H11F2NO3. The summed E-state index contributed by atoms with van der Waals surface area (Å²) in [6.45, 7) is 0.494. The Kier molecular flexibility index (Phi) is 3.23. The highest BCUT2D eigenvalue weighted by Crippen LogP contribution is 2.37. The van der Waals surface area contributed by atoms with Crippen LogP contribution in [0.3, 0.4) is 0 Å². The molecule has 0 aromatic heterocycles. The third-order valence-electron chi connectivity index (χ3n) is 2.38. The molecule has 0 saturated carbocycles. The second kappa shape index (κ2) is 4.67. The van der Waals surface area contributed by atoms with Crippen LogP contribution < -0.4 is 15.2 Å². The molecule has 0 bridgehead atoms. The molecule has 0 spiro atoms. The highest BCUT2D eigenvalue weighted by molar-refractivity contribution is 6.00. The number of hydrogen-bond donors (Lipinski definition) is 1. The third kappa shape index (κ3) is 2.08. The number of carbonyl (C=O) groups is 1. The van der Waals surface area contributed by atoms with Crippen LogP contribution in [0, 0.1) is 11.6 Å². The molecule has 1 heterocycles. The van der Waals surface area contributed by atoms with Crippen LogP contribution in [-0.2, 0) is 0 Å². The molecule has 2 rings (SSSR count). The van der Waals surface area contributed by atoms with Gasteiger partial charge in [0.15, 0.2) is 28.9 Å². The van der Waals surface area contributed by atoms with Crippen molar-refractivity contribution in [2.24, 2.45) is 5.73 Å². The zero-order chi connectivity index (χ0) is 12.4. The Morgan fingerprint density at radius 3 is 2.76 bits per heavy atom.